The van der Waals surface area contributed by atoms with Crippen LogP contribution in [0.1, 0.15) is 31.7 Å². The standard InChI is InChI=1S/C18H22N4O3S/c1-11-4-3-5-13(10-11)16-20-21-18(22(16)9-8-15(23)24)26-12(2)17(25)19-14-6-7-14/h3-5,10,12,14H,6-9H2,1-2H3,(H,19,25)(H,23,24)/t12-/m0/s1. The van der Waals surface area contributed by atoms with Crippen molar-refractivity contribution >= 4 is 23.6 Å². The molecule has 1 aromatic carbocycles. The molecule has 26 heavy (non-hydrogen) atoms. The minimum atomic E-state index is -0.885. The van der Waals surface area contributed by atoms with E-state index in [1.807, 2.05) is 38.1 Å². The average molecular weight is 374 g/mol. The fraction of sp³-hybridized carbons (Fsp3) is 0.444. The van der Waals surface area contributed by atoms with Crippen LogP contribution >= 0.6 is 11.8 Å². The molecule has 1 saturated carbocycles. The Morgan fingerprint density at radius 3 is 2.81 bits per heavy atom. The Morgan fingerprint density at radius 2 is 2.15 bits per heavy atom. The number of rotatable bonds is 8. The third kappa shape index (κ3) is 4.63. The molecule has 138 valence electrons. The van der Waals surface area contributed by atoms with Crippen LogP contribution in [0.5, 0.6) is 0 Å². The summed E-state index contributed by atoms with van der Waals surface area (Å²) in [6.07, 6.45) is 2.04. The second-order valence-corrected chi connectivity index (χ2v) is 7.82. The molecule has 1 atom stereocenters. The van der Waals surface area contributed by atoms with Gasteiger partial charge in [-0.2, -0.15) is 0 Å². The van der Waals surface area contributed by atoms with Gasteiger partial charge < -0.3 is 15.0 Å². The number of nitrogens with one attached hydrogen (secondary N) is 1. The first-order valence-corrected chi connectivity index (χ1v) is 9.51. The van der Waals surface area contributed by atoms with E-state index in [-0.39, 0.29) is 24.1 Å². The highest BCUT2D eigenvalue weighted by molar-refractivity contribution is 8.00. The van der Waals surface area contributed by atoms with Crippen molar-refractivity contribution < 1.29 is 14.7 Å². The van der Waals surface area contributed by atoms with E-state index in [1.165, 1.54) is 11.8 Å². The summed E-state index contributed by atoms with van der Waals surface area (Å²) < 4.78 is 1.79. The number of aryl methyl sites for hydroxylation is 1. The molecule has 1 amide bonds. The molecule has 1 heterocycles. The fourth-order valence-corrected chi connectivity index (χ4v) is 3.42. The van der Waals surface area contributed by atoms with Crippen LogP contribution in [-0.4, -0.2) is 43.0 Å². The summed E-state index contributed by atoms with van der Waals surface area (Å²) in [6.45, 7) is 4.07. The number of thioether (sulfide) groups is 1. The Labute approximate surface area is 156 Å². The van der Waals surface area contributed by atoms with Gasteiger partial charge in [0.25, 0.3) is 0 Å². The maximum absolute atomic E-state index is 12.2. The molecule has 7 nitrogen and oxygen atoms in total. The van der Waals surface area contributed by atoms with Gasteiger partial charge in [0, 0.05) is 18.2 Å². The van der Waals surface area contributed by atoms with Crippen LogP contribution in [0.15, 0.2) is 29.4 Å². The first-order valence-electron chi connectivity index (χ1n) is 8.63. The molecule has 3 rings (SSSR count). The molecule has 1 aliphatic carbocycles. The van der Waals surface area contributed by atoms with Gasteiger partial charge in [0.1, 0.15) is 0 Å². The minimum Gasteiger partial charge on any atom is -0.481 e. The highest BCUT2D eigenvalue weighted by atomic mass is 32.2. The number of hydrogen-bond donors (Lipinski definition) is 2. The minimum absolute atomic E-state index is 0.0256. The highest BCUT2D eigenvalue weighted by Crippen LogP contribution is 2.28. The Bertz CT molecular complexity index is 817. The van der Waals surface area contributed by atoms with Gasteiger partial charge in [-0.1, -0.05) is 35.5 Å². The van der Waals surface area contributed by atoms with Crippen molar-refractivity contribution in [1.29, 1.82) is 0 Å². The molecule has 1 fully saturated rings. The molecule has 1 aliphatic rings. The van der Waals surface area contributed by atoms with Crippen LogP contribution in [0.2, 0.25) is 0 Å². The van der Waals surface area contributed by atoms with E-state index in [9.17, 15) is 9.59 Å². The van der Waals surface area contributed by atoms with Gasteiger partial charge in [-0.25, -0.2) is 0 Å². The van der Waals surface area contributed by atoms with Crippen LogP contribution in [0.25, 0.3) is 11.4 Å². The van der Waals surface area contributed by atoms with Gasteiger partial charge >= 0.3 is 5.97 Å². The first-order chi connectivity index (χ1) is 12.4. The summed E-state index contributed by atoms with van der Waals surface area (Å²) in [7, 11) is 0. The lowest BCUT2D eigenvalue weighted by Gasteiger charge is -2.13. The Hall–Kier alpha value is -2.35. The molecule has 0 unspecified atom stereocenters. The van der Waals surface area contributed by atoms with E-state index in [0.717, 1.165) is 24.0 Å². The lowest BCUT2D eigenvalue weighted by Crippen LogP contribution is -2.32. The zero-order chi connectivity index (χ0) is 18.7. The van der Waals surface area contributed by atoms with Gasteiger partial charge in [0.2, 0.25) is 5.91 Å². The Kier molecular flexibility index (Phi) is 5.61. The molecule has 2 aromatic rings. The highest BCUT2D eigenvalue weighted by Gasteiger charge is 2.27. The van der Waals surface area contributed by atoms with Gasteiger partial charge in [-0.15, -0.1) is 10.2 Å². The number of amides is 1. The summed E-state index contributed by atoms with van der Waals surface area (Å²) in [5.41, 5.74) is 1.96. The van der Waals surface area contributed by atoms with Gasteiger partial charge in [0.05, 0.1) is 11.7 Å². The second kappa shape index (κ2) is 7.90. The van der Waals surface area contributed by atoms with Crippen molar-refractivity contribution in [3.63, 3.8) is 0 Å². The molecule has 0 spiro atoms. The van der Waals surface area contributed by atoms with Crippen molar-refractivity contribution in [1.82, 2.24) is 20.1 Å². The normalized spacial score (nSPS) is 14.8. The molecular formula is C18H22N4O3S. The number of aromatic nitrogens is 3. The van der Waals surface area contributed by atoms with Crippen molar-refractivity contribution in [2.75, 3.05) is 0 Å². The topological polar surface area (TPSA) is 97.1 Å². The largest absolute Gasteiger partial charge is 0.481 e. The van der Waals surface area contributed by atoms with Gasteiger partial charge in [0.15, 0.2) is 11.0 Å². The van der Waals surface area contributed by atoms with E-state index >= 15 is 0 Å². The summed E-state index contributed by atoms with van der Waals surface area (Å²) in [5, 5.41) is 20.7. The first kappa shape index (κ1) is 18.4. The summed E-state index contributed by atoms with van der Waals surface area (Å²) in [4.78, 5) is 23.3. The maximum Gasteiger partial charge on any atom is 0.305 e. The quantitative estimate of drug-likeness (QED) is 0.689. The number of carbonyl (C=O) groups is 2. The average Bonchev–Trinajstić information content (AvgIpc) is 3.31. The monoisotopic (exact) mass is 374 g/mol. The van der Waals surface area contributed by atoms with E-state index in [1.54, 1.807) is 4.57 Å². The van der Waals surface area contributed by atoms with Crippen LogP contribution < -0.4 is 5.32 Å². The van der Waals surface area contributed by atoms with Crippen LogP contribution in [0.4, 0.5) is 0 Å². The lowest BCUT2D eigenvalue weighted by atomic mass is 10.1. The predicted molar refractivity (Wildman–Crippen MR) is 98.9 cm³/mol. The lowest BCUT2D eigenvalue weighted by molar-refractivity contribution is -0.137. The van der Waals surface area contributed by atoms with Gasteiger partial charge in [-0.3, -0.25) is 9.59 Å². The summed E-state index contributed by atoms with van der Waals surface area (Å²) in [6, 6.07) is 8.13. The van der Waals surface area contributed by atoms with E-state index in [2.05, 4.69) is 15.5 Å². The fourth-order valence-electron chi connectivity index (χ4n) is 2.54. The number of carboxylic acids is 1. The van der Waals surface area contributed by atoms with Crippen LogP contribution in [0.3, 0.4) is 0 Å². The smallest absolute Gasteiger partial charge is 0.305 e. The molecule has 2 N–H and O–H groups in total. The predicted octanol–water partition coefficient (Wildman–Crippen LogP) is 2.49. The van der Waals surface area contributed by atoms with Crippen LogP contribution in [-0.2, 0) is 16.1 Å². The molecule has 0 bridgehead atoms. The van der Waals surface area contributed by atoms with E-state index in [0.29, 0.717) is 17.0 Å². The van der Waals surface area contributed by atoms with E-state index in [4.69, 9.17) is 5.11 Å². The van der Waals surface area contributed by atoms with E-state index < -0.39 is 5.97 Å². The molecule has 0 saturated heterocycles. The number of aliphatic carboxylic acids is 1. The SMILES string of the molecule is Cc1cccc(-c2nnc(S[C@@H](C)C(=O)NC3CC3)n2CCC(=O)O)c1. The number of nitrogens with zero attached hydrogens (tertiary/aromatic N) is 3. The second-order valence-electron chi connectivity index (χ2n) is 6.51. The zero-order valence-electron chi connectivity index (χ0n) is 14.8. The molecular weight excluding hydrogens is 352 g/mol. The van der Waals surface area contributed by atoms with Crippen molar-refractivity contribution in [2.24, 2.45) is 0 Å². The number of carbonyl (C=O) groups excluding carboxylic acids is 1. The number of hydrogen-bond acceptors (Lipinski definition) is 5. The number of benzene rings is 1. The Balaban J connectivity index is 1.83. The van der Waals surface area contributed by atoms with Crippen molar-refractivity contribution in [2.45, 2.75) is 56.1 Å². The third-order valence-electron chi connectivity index (χ3n) is 4.12. The summed E-state index contributed by atoms with van der Waals surface area (Å²) >= 11 is 1.30. The van der Waals surface area contributed by atoms with Crippen molar-refractivity contribution in [3.05, 3.63) is 29.8 Å². The third-order valence-corrected chi connectivity index (χ3v) is 5.20. The van der Waals surface area contributed by atoms with Crippen molar-refractivity contribution in [3.8, 4) is 11.4 Å². The molecule has 8 heteroatoms. The zero-order valence-corrected chi connectivity index (χ0v) is 15.6. The van der Waals surface area contributed by atoms with Crippen LogP contribution in [0, 0.1) is 6.92 Å². The maximum atomic E-state index is 12.2. The number of carboxylic acid groups (broad SMARTS) is 1. The van der Waals surface area contributed by atoms with Gasteiger partial charge in [-0.05, 0) is 32.8 Å². The summed E-state index contributed by atoms with van der Waals surface area (Å²) in [5.74, 6) is -0.293. The molecule has 0 radical (unpaired) electrons. The molecule has 1 aromatic heterocycles. The Morgan fingerprint density at radius 1 is 1.38 bits per heavy atom. The molecule has 0 aliphatic heterocycles.